The Hall–Kier alpha value is -7.56. The molecule has 0 amide bonds. The van der Waals surface area contributed by atoms with Crippen LogP contribution in [-0.2, 0) is 6.42 Å². The summed E-state index contributed by atoms with van der Waals surface area (Å²) in [6, 6.07) is 54.0. The van der Waals surface area contributed by atoms with Crippen LogP contribution < -0.4 is 9.80 Å². The van der Waals surface area contributed by atoms with E-state index in [1.54, 1.807) is 0 Å². The number of para-hydroxylation sites is 4. The predicted molar refractivity (Wildman–Crippen MR) is 313 cm³/mol. The summed E-state index contributed by atoms with van der Waals surface area (Å²) in [6.07, 6.45) is 12.3. The van der Waals surface area contributed by atoms with E-state index >= 15 is 0 Å². The molecule has 2 heterocycles. The van der Waals surface area contributed by atoms with E-state index in [-0.39, 0.29) is 22.7 Å². The molecule has 2 aromatic heterocycles. The number of benzene rings is 9. The van der Waals surface area contributed by atoms with Crippen LogP contribution in [0, 0.1) is 10.8 Å². The van der Waals surface area contributed by atoms with Gasteiger partial charge in [-0.1, -0.05) is 184 Å². The minimum atomic E-state index is 0.163. The molecule has 11 aromatic rings. The van der Waals surface area contributed by atoms with Crippen molar-refractivity contribution in [2.45, 2.75) is 100 Å². The topological polar surface area (TPSA) is 32.8 Å². The van der Waals surface area contributed by atoms with Gasteiger partial charge < -0.3 is 18.6 Å². The maximum absolute atomic E-state index is 6.93. The second kappa shape index (κ2) is 17.6. The standard InChI is InChI=1S/C69H66N2O2/c1-42(2)56-38-60(70(46-19-15-18-44(28-31-46)40-68(5,6)7)58-24-16-22-52-48-20-11-13-26-62(48)72-66(52)58)54-36-34-51-57(43(3)4)39-61(55-37-35-50(56)64(54)65(51)55)71(47-32-29-45(30-33-47)41-69(8,9)10)59-25-17-23-53-49-21-12-14-27-63(49)73-67(53)59/h11-17,19-39,42-43H,18,40-41H2,1-10H3. The first-order valence-electron chi connectivity index (χ1n) is 26.4. The molecule has 364 valence electrons. The van der Waals surface area contributed by atoms with Gasteiger partial charge in [0.2, 0.25) is 0 Å². The highest BCUT2D eigenvalue weighted by Gasteiger charge is 2.29. The van der Waals surface area contributed by atoms with E-state index in [0.717, 1.165) is 97.3 Å². The van der Waals surface area contributed by atoms with Crippen LogP contribution in [0.15, 0.2) is 190 Å². The Morgan fingerprint density at radius 3 is 1.45 bits per heavy atom. The molecule has 1 aliphatic rings. The number of allylic oxidation sites excluding steroid dienone is 5. The van der Waals surface area contributed by atoms with Gasteiger partial charge in [-0.15, -0.1) is 0 Å². The maximum Gasteiger partial charge on any atom is 0.159 e. The minimum absolute atomic E-state index is 0.163. The highest BCUT2D eigenvalue weighted by atomic mass is 16.3. The summed E-state index contributed by atoms with van der Waals surface area (Å²) >= 11 is 0. The molecule has 0 bridgehead atoms. The predicted octanol–water partition coefficient (Wildman–Crippen LogP) is 21.0. The van der Waals surface area contributed by atoms with Crippen LogP contribution in [0.1, 0.15) is 111 Å². The Kier molecular flexibility index (Phi) is 11.2. The number of hydrogen-bond donors (Lipinski definition) is 0. The quantitative estimate of drug-likeness (QED) is 0.128. The first-order valence-corrected chi connectivity index (χ1v) is 26.4. The largest absolute Gasteiger partial charge is 0.454 e. The molecule has 0 fully saturated rings. The van der Waals surface area contributed by atoms with Crippen molar-refractivity contribution in [2.24, 2.45) is 10.8 Å². The summed E-state index contributed by atoms with van der Waals surface area (Å²) in [5.41, 5.74) is 15.8. The lowest BCUT2D eigenvalue weighted by Crippen LogP contribution is -2.17. The lowest BCUT2D eigenvalue weighted by molar-refractivity contribution is 0.407. The molecule has 0 radical (unpaired) electrons. The molecule has 0 saturated heterocycles. The highest BCUT2D eigenvalue weighted by molar-refractivity contribution is 6.30. The van der Waals surface area contributed by atoms with E-state index in [1.165, 1.54) is 54.6 Å². The SMILES string of the molecule is CC(C)c1cc(N(C2=CC=C(CC(C)(C)C)CC=C2)c2cccc3c2oc2ccccc23)c2ccc3c(C(C)C)cc(N(c4ccc(CC(C)(C)C)cc4)c4cccc5c4oc4ccccc45)c4ccc1c2c34. The monoisotopic (exact) mass is 955 g/mol. The van der Waals surface area contributed by atoms with Crippen LogP contribution >= 0.6 is 0 Å². The van der Waals surface area contributed by atoms with Crippen molar-refractivity contribution in [3.63, 3.8) is 0 Å². The van der Waals surface area contributed by atoms with E-state index in [0.29, 0.717) is 0 Å². The van der Waals surface area contributed by atoms with Crippen molar-refractivity contribution in [1.82, 2.24) is 0 Å². The van der Waals surface area contributed by atoms with Crippen LogP contribution in [0.2, 0.25) is 0 Å². The zero-order valence-corrected chi connectivity index (χ0v) is 44.2. The molecular formula is C69H66N2O2. The maximum atomic E-state index is 6.93. The first kappa shape index (κ1) is 46.5. The van der Waals surface area contributed by atoms with E-state index in [2.05, 4.69) is 249 Å². The molecule has 12 rings (SSSR count). The molecule has 9 aromatic carbocycles. The molecule has 0 saturated carbocycles. The lowest BCUT2D eigenvalue weighted by atomic mass is 9.84. The molecule has 1 aliphatic carbocycles. The van der Waals surface area contributed by atoms with Crippen molar-refractivity contribution in [3.05, 3.63) is 198 Å². The molecular weight excluding hydrogens is 889 g/mol. The summed E-state index contributed by atoms with van der Waals surface area (Å²) in [5.74, 6) is 0.477. The summed E-state index contributed by atoms with van der Waals surface area (Å²) in [7, 11) is 0. The van der Waals surface area contributed by atoms with E-state index in [4.69, 9.17) is 8.83 Å². The summed E-state index contributed by atoms with van der Waals surface area (Å²) in [4.78, 5) is 4.97. The van der Waals surface area contributed by atoms with E-state index in [9.17, 15) is 0 Å². The molecule has 0 aliphatic heterocycles. The third-order valence-electron chi connectivity index (χ3n) is 15.0. The Balaban J connectivity index is 1.18. The van der Waals surface area contributed by atoms with Gasteiger partial charge in [0, 0.05) is 43.7 Å². The summed E-state index contributed by atoms with van der Waals surface area (Å²) < 4.78 is 13.8. The Labute approximate surface area is 430 Å². The average molecular weight is 955 g/mol. The van der Waals surface area contributed by atoms with Gasteiger partial charge in [0.05, 0.1) is 22.7 Å². The number of nitrogens with zero attached hydrogens (tertiary/aromatic N) is 2. The summed E-state index contributed by atoms with van der Waals surface area (Å²) in [5, 5.41) is 12.0. The van der Waals surface area contributed by atoms with Crippen LogP contribution in [0.25, 0.3) is 76.2 Å². The van der Waals surface area contributed by atoms with Gasteiger partial charge in [0.25, 0.3) is 0 Å². The number of fused-ring (bicyclic) bond motifs is 6. The van der Waals surface area contributed by atoms with E-state index in [1.807, 2.05) is 0 Å². The average Bonchev–Trinajstić information content (AvgIpc) is 3.86. The molecule has 0 unspecified atom stereocenters. The second-order valence-electron chi connectivity index (χ2n) is 23.7. The molecule has 4 nitrogen and oxygen atoms in total. The zero-order chi connectivity index (χ0) is 50.5. The fourth-order valence-electron chi connectivity index (χ4n) is 12.0. The van der Waals surface area contributed by atoms with Crippen molar-refractivity contribution in [1.29, 1.82) is 0 Å². The minimum Gasteiger partial charge on any atom is -0.454 e. The van der Waals surface area contributed by atoms with Crippen molar-refractivity contribution in [3.8, 4) is 0 Å². The Bertz CT molecular complexity index is 4030. The Morgan fingerprint density at radius 1 is 0.452 bits per heavy atom. The number of anilines is 5. The van der Waals surface area contributed by atoms with Gasteiger partial charge in [-0.3, -0.25) is 0 Å². The van der Waals surface area contributed by atoms with Crippen LogP contribution in [-0.4, -0.2) is 0 Å². The number of rotatable bonds is 10. The van der Waals surface area contributed by atoms with Gasteiger partial charge in [0.1, 0.15) is 11.2 Å². The molecule has 73 heavy (non-hydrogen) atoms. The van der Waals surface area contributed by atoms with Gasteiger partial charge >= 0.3 is 0 Å². The van der Waals surface area contributed by atoms with Crippen molar-refractivity contribution in [2.75, 3.05) is 9.80 Å². The lowest BCUT2D eigenvalue weighted by Gasteiger charge is -2.32. The van der Waals surface area contributed by atoms with E-state index < -0.39 is 0 Å². The van der Waals surface area contributed by atoms with Gasteiger partial charge in [-0.05, 0) is 141 Å². The van der Waals surface area contributed by atoms with Crippen LogP contribution in [0.5, 0.6) is 0 Å². The van der Waals surface area contributed by atoms with Crippen LogP contribution in [0.3, 0.4) is 0 Å². The second-order valence-corrected chi connectivity index (χ2v) is 23.7. The normalized spacial score (nSPS) is 13.8. The third-order valence-corrected chi connectivity index (χ3v) is 15.0. The van der Waals surface area contributed by atoms with Crippen molar-refractivity contribution < 1.29 is 8.83 Å². The smallest absolute Gasteiger partial charge is 0.159 e. The fourth-order valence-corrected chi connectivity index (χ4v) is 12.0. The van der Waals surface area contributed by atoms with Gasteiger partial charge in [-0.25, -0.2) is 0 Å². The van der Waals surface area contributed by atoms with Crippen molar-refractivity contribution >= 4 is 105 Å². The first-order chi connectivity index (χ1) is 35.1. The van der Waals surface area contributed by atoms with Crippen LogP contribution in [0.4, 0.5) is 28.4 Å². The fraction of sp³-hybridized carbons (Fsp3) is 0.246. The Morgan fingerprint density at radius 2 is 0.932 bits per heavy atom. The number of hydrogen-bond acceptors (Lipinski definition) is 4. The molecule has 4 heteroatoms. The highest BCUT2D eigenvalue weighted by Crippen LogP contribution is 2.53. The molecule has 0 atom stereocenters. The zero-order valence-electron chi connectivity index (χ0n) is 44.2. The van der Waals surface area contributed by atoms with Gasteiger partial charge in [0.15, 0.2) is 11.2 Å². The molecule has 0 N–H and O–H groups in total. The summed E-state index contributed by atoms with van der Waals surface area (Å²) in [6.45, 7) is 23.3. The van der Waals surface area contributed by atoms with Gasteiger partial charge in [-0.2, -0.15) is 0 Å². The third kappa shape index (κ3) is 8.16. The molecule has 0 spiro atoms. The number of furan rings is 2.